The first kappa shape index (κ1) is 12.9. The lowest BCUT2D eigenvalue weighted by Gasteiger charge is -2.06. The number of carboxylic acids is 1. The molecule has 0 aliphatic rings. The average molecular weight is 285 g/mol. The maximum absolute atomic E-state index is 12.2. The van der Waals surface area contributed by atoms with Gasteiger partial charge in [-0.2, -0.15) is 4.98 Å². The Labute approximate surface area is 118 Å². The van der Waals surface area contributed by atoms with E-state index in [4.69, 9.17) is 10.8 Å². The van der Waals surface area contributed by atoms with Crippen molar-refractivity contribution < 1.29 is 9.90 Å². The first-order valence-corrected chi connectivity index (χ1v) is 6.02. The van der Waals surface area contributed by atoms with Gasteiger partial charge in [0.05, 0.1) is 5.56 Å². The third-order valence-corrected chi connectivity index (χ3v) is 3.10. The standard InChI is InChI=1S/C13H11N5O3/c1-17-6-8(12(20)21)4-9(11(17)19)7-2-3-18-10(5-7)15-13(14)16-18/h2-6H,1H3,(H2,14,16)(H,20,21). The summed E-state index contributed by atoms with van der Waals surface area (Å²) in [6.07, 6.45) is 2.89. The van der Waals surface area contributed by atoms with E-state index in [9.17, 15) is 9.59 Å². The number of pyridine rings is 2. The number of aryl methyl sites for hydroxylation is 1. The third kappa shape index (κ3) is 2.12. The Morgan fingerprint density at radius 3 is 2.86 bits per heavy atom. The van der Waals surface area contributed by atoms with Crippen molar-refractivity contribution in [1.82, 2.24) is 19.2 Å². The van der Waals surface area contributed by atoms with Gasteiger partial charge in [0.15, 0.2) is 5.65 Å². The number of nitrogens with zero attached hydrogens (tertiary/aromatic N) is 4. The van der Waals surface area contributed by atoms with E-state index in [1.54, 1.807) is 18.3 Å². The van der Waals surface area contributed by atoms with Crippen molar-refractivity contribution in [2.75, 3.05) is 5.73 Å². The molecule has 21 heavy (non-hydrogen) atoms. The van der Waals surface area contributed by atoms with E-state index in [1.165, 1.54) is 28.4 Å². The second-order valence-corrected chi connectivity index (χ2v) is 4.55. The highest BCUT2D eigenvalue weighted by atomic mass is 16.4. The SMILES string of the molecule is Cn1cc(C(=O)O)cc(-c2ccn3nc(N)nc3c2)c1=O. The molecule has 3 N–H and O–H groups in total. The number of nitrogens with two attached hydrogens (primary N) is 1. The molecule has 0 bridgehead atoms. The lowest BCUT2D eigenvalue weighted by Crippen LogP contribution is -2.20. The lowest BCUT2D eigenvalue weighted by molar-refractivity contribution is 0.0696. The Morgan fingerprint density at radius 2 is 2.14 bits per heavy atom. The number of hydrogen-bond acceptors (Lipinski definition) is 5. The normalized spacial score (nSPS) is 10.9. The molecule has 0 saturated heterocycles. The van der Waals surface area contributed by atoms with Crippen LogP contribution in [-0.2, 0) is 7.05 Å². The Balaban J connectivity index is 2.26. The molecule has 0 aliphatic carbocycles. The maximum Gasteiger partial charge on any atom is 0.337 e. The van der Waals surface area contributed by atoms with Gasteiger partial charge in [0.1, 0.15) is 0 Å². The van der Waals surface area contributed by atoms with E-state index >= 15 is 0 Å². The van der Waals surface area contributed by atoms with Crippen LogP contribution >= 0.6 is 0 Å². The summed E-state index contributed by atoms with van der Waals surface area (Å²) >= 11 is 0. The summed E-state index contributed by atoms with van der Waals surface area (Å²) in [6.45, 7) is 0. The summed E-state index contributed by atoms with van der Waals surface area (Å²) in [5, 5.41) is 13.0. The average Bonchev–Trinajstić information content (AvgIpc) is 2.80. The van der Waals surface area contributed by atoms with Gasteiger partial charge >= 0.3 is 5.97 Å². The topological polar surface area (TPSA) is 116 Å². The van der Waals surface area contributed by atoms with Crippen LogP contribution in [0.15, 0.2) is 35.4 Å². The molecule has 0 saturated carbocycles. The van der Waals surface area contributed by atoms with E-state index < -0.39 is 5.97 Å². The summed E-state index contributed by atoms with van der Waals surface area (Å²) in [5.74, 6) is -0.973. The second-order valence-electron chi connectivity index (χ2n) is 4.55. The van der Waals surface area contributed by atoms with Gasteiger partial charge in [-0.25, -0.2) is 9.31 Å². The fraction of sp³-hybridized carbons (Fsp3) is 0.0769. The van der Waals surface area contributed by atoms with Crippen molar-refractivity contribution in [1.29, 1.82) is 0 Å². The molecule has 0 amide bonds. The van der Waals surface area contributed by atoms with Gasteiger partial charge in [0.2, 0.25) is 5.95 Å². The predicted octanol–water partition coefficient (Wildman–Crippen LogP) is 0.375. The molecule has 0 aromatic carbocycles. The molecule has 8 heteroatoms. The molecule has 8 nitrogen and oxygen atoms in total. The van der Waals surface area contributed by atoms with Crippen LogP contribution in [0.2, 0.25) is 0 Å². The predicted molar refractivity (Wildman–Crippen MR) is 75.0 cm³/mol. The molecule has 3 heterocycles. The summed E-state index contributed by atoms with van der Waals surface area (Å²) < 4.78 is 2.71. The van der Waals surface area contributed by atoms with E-state index in [1.807, 2.05) is 0 Å². The molecule has 0 aliphatic heterocycles. The van der Waals surface area contributed by atoms with Crippen LogP contribution in [0.3, 0.4) is 0 Å². The van der Waals surface area contributed by atoms with Gasteiger partial charge in [-0.15, -0.1) is 5.10 Å². The summed E-state index contributed by atoms with van der Waals surface area (Å²) in [7, 11) is 1.51. The summed E-state index contributed by atoms with van der Waals surface area (Å²) in [6, 6.07) is 4.63. The van der Waals surface area contributed by atoms with Crippen molar-refractivity contribution in [2.24, 2.45) is 7.05 Å². The van der Waals surface area contributed by atoms with E-state index in [0.717, 1.165) is 0 Å². The molecule has 0 radical (unpaired) electrons. The Bertz CT molecular complexity index is 925. The molecule has 106 valence electrons. The van der Waals surface area contributed by atoms with Gasteiger partial charge in [-0.3, -0.25) is 4.79 Å². The Kier molecular flexibility index (Phi) is 2.72. The van der Waals surface area contributed by atoms with Crippen LogP contribution in [0.5, 0.6) is 0 Å². The highest BCUT2D eigenvalue weighted by Gasteiger charge is 2.12. The third-order valence-electron chi connectivity index (χ3n) is 3.10. The number of rotatable bonds is 2. The molecule has 3 aromatic heterocycles. The molecule has 0 fully saturated rings. The number of carbonyl (C=O) groups is 1. The zero-order chi connectivity index (χ0) is 15.1. The molecule has 0 spiro atoms. The second kappa shape index (κ2) is 4.44. The smallest absolute Gasteiger partial charge is 0.337 e. The van der Waals surface area contributed by atoms with Crippen LogP contribution in [0.25, 0.3) is 16.8 Å². The monoisotopic (exact) mass is 285 g/mol. The molecular weight excluding hydrogens is 274 g/mol. The minimum Gasteiger partial charge on any atom is -0.478 e. The molecule has 3 rings (SSSR count). The van der Waals surface area contributed by atoms with Crippen LogP contribution in [0, 0.1) is 0 Å². The van der Waals surface area contributed by atoms with E-state index in [-0.39, 0.29) is 22.6 Å². The van der Waals surface area contributed by atoms with Gasteiger partial charge < -0.3 is 15.4 Å². The zero-order valence-corrected chi connectivity index (χ0v) is 11.0. The molecule has 0 unspecified atom stereocenters. The Hall–Kier alpha value is -3.16. The van der Waals surface area contributed by atoms with Crippen molar-refractivity contribution in [2.45, 2.75) is 0 Å². The van der Waals surface area contributed by atoms with Gasteiger partial charge in [-0.1, -0.05) is 0 Å². The van der Waals surface area contributed by atoms with Crippen LogP contribution < -0.4 is 11.3 Å². The summed E-state index contributed by atoms with van der Waals surface area (Å²) in [4.78, 5) is 27.3. The van der Waals surface area contributed by atoms with E-state index in [2.05, 4.69) is 10.1 Å². The number of anilines is 1. The largest absolute Gasteiger partial charge is 0.478 e. The van der Waals surface area contributed by atoms with Gasteiger partial charge in [-0.05, 0) is 23.8 Å². The van der Waals surface area contributed by atoms with Crippen molar-refractivity contribution in [3.8, 4) is 11.1 Å². The first-order chi connectivity index (χ1) is 9.95. The molecular formula is C13H11N5O3. The number of fused-ring (bicyclic) bond motifs is 1. The van der Waals surface area contributed by atoms with Crippen molar-refractivity contribution in [3.63, 3.8) is 0 Å². The van der Waals surface area contributed by atoms with Gasteiger partial charge in [0, 0.05) is 25.0 Å². The molecule has 0 atom stereocenters. The number of carboxylic acid groups (broad SMARTS) is 1. The van der Waals surface area contributed by atoms with Crippen molar-refractivity contribution >= 4 is 17.6 Å². The first-order valence-electron chi connectivity index (χ1n) is 6.02. The number of aromatic nitrogens is 4. The van der Waals surface area contributed by atoms with E-state index in [0.29, 0.717) is 11.2 Å². The fourth-order valence-electron chi connectivity index (χ4n) is 2.10. The maximum atomic E-state index is 12.2. The lowest BCUT2D eigenvalue weighted by atomic mass is 10.1. The zero-order valence-electron chi connectivity index (χ0n) is 11.0. The Morgan fingerprint density at radius 1 is 1.38 bits per heavy atom. The van der Waals surface area contributed by atoms with Crippen LogP contribution in [0.4, 0.5) is 5.95 Å². The number of hydrogen-bond donors (Lipinski definition) is 2. The van der Waals surface area contributed by atoms with Crippen LogP contribution in [-0.4, -0.2) is 30.2 Å². The van der Waals surface area contributed by atoms with Crippen LogP contribution in [0.1, 0.15) is 10.4 Å². The quantitative estimate of drug-likeness (QED) is 0.703. The number of nitrogen functional groups attached to an aromatic ring is 1. The van der Waals surface area contributed by atoms with Crippen molar-refractivity contribution in [3.05, 3.63) is 46.5 Å². The minimum absolute atomic E-state index is 0.0351. The summed E-state index contributed by atoms with van der Waals surface area (Å²) in [5.41, 5.74) is 6.56. The fourth-order valence-corrected chi connectivity index (χ4v) is 2.10. The number of aromatic carboxylic acids is 1. The molecule has 3 aromatic rings. The highest BCUT2D eigenvalue weighted by molar-refractivity contribution is 5.89. The minimum atomic E-state index is -1.10. The van der Waals surface area contributed by atoms with Gasteiger partial charge in [0.25, 0.3) is 5.56 Å². The highest BCUT2D eigenvalue weighted by Crippen LogP contribution is 2.18.